The van der Waals surface area contributed by atoms with Gasteiger partial charge in [0.15, 0.2) is 0 Å². The Labute approximate surface area is 172 Å². The molecule has 1 heterocycles. The fourth-order valence-electron chi connectivity index (χ4n) is 4.71. The summed E-state index contributed by atoms with van der Waals surface area (Å²) < 4.78 is 39.9. The number of hydrogen-bond acceptors (Lipinski definition) is 4. The molecule has 1 saturated carbocycles. The summed E-state index contributed by atoms with van der Waals surface area (Å²) in [5, 5.41) is 4.11. The predicted octanol–water partition coefficient (Wildman–Crippen LogP) is 4.64. The second-order valence-electron chi connectivity index (χ2n) is 8.01. The maximum Gasteiger partial charge on any atom is 0.232 e. The van der Waals surface area contributed by atoms with Gasteiger partial charge in [-0.15, -0.1) is 0 Å². The smallest absolute Gasteiger partial charge is 0.232 e. The molecule has 0 saturated heterocycles. The molecule has 1 aliphatic heterocycles. The SMILES string of the molecule is CCN(c1cc2c(cc1C1CCCC1)CN(c1ccc(F)cc1)N2C)S(C)(=O)=O. The van der Waals surface area contributed by atoms with Crippen LogP contribution in [-0.2, 0) is 16.6 Å². The zero-order valence-electron chi connectivity index (χ0n) is 17.2. The van der Waals surface area contributed by atoms with Gasteiger partial charge in [-0.3, -0.25) is 14.3 Å². The molecule has 0 N–H and O–H groups in total. The average molecular weight is 418 g/mol. The largest absolute Gasteiger partial charge is 0.288 e. The summed E-state index contributed by atoms with van der Waals surface area (Å²) in [6.45, 7) is 2.96. The van der Waals surface area contributed by atoms with E-state index in [1.165, 1.54) is 41.1 Å². The van der Waals surface area contributed by atoms with Crippen molar-refractivity contribution in [1.29, 1.82) is 0 Å². The summed E-state index contributed by atoms with van der Waals surface area (Å²) in [6.07, 6.45) is 5.85. The number of sulfonamides is 1. The highest BCUT2D eigenvalue weighted by molar-refractivity contribution is 7.92. The number of hydrogen-bond donors (Lipinski definition) is 0. The Morgan fingerprint density at radius 1 is 1.14 bits per heavy atom. The Hall–Kier alpha value is -2.28. The summed E-state index contributed by atoms with van der Waals surface area (Å²) in [5.41, 5.74) is 5.01. The van der Waals surface area contributed by atoms with Gasteiger partial charge in [0.25, 0.3) is 0 Å². The van der Waals surface area contributed by atoms with E-state index < -0.39 is 10.0 Å². The summed E-state index contributed by atoms with van der Waals surface area (Å²) in [6, 6.07) is 10.7. The van der Waals surface area contributed by atoms with Crippen LogP contribution in [0.4, 0.5) is 21.5 Å². The normalized spacial score (nSPS) is 17.1. The highest BCUT2D eigenvalue weighted by Gasteiger charge is 2.31. The van der Waals surface area contributed by atoms with Gasteiger partial charge in [0.05, 0.1) is 29.9 Å². The monoisotopic (exact) mass is 417 g/mol. The minimum absolute atomic E-state index is 0.259. The lowest BCUT2D eigenvalue weighted by molar-refractivity contribution is 0.597. The molecule has 7 heteroatoms. The van der Waals surface area contributed by atoms with Gasteiger partial charge in [0, 0.05) is 13.6 Å². The van der Waals surface area contributed by atoms with Gasteiger partial charge in [-0.2, -0.15) is 0 Å². The molecule has 1 fully saturated rings. The van der Waals surface area contributed by atoms with E-state index in [9.17, 15) is 12.8 Å². The van der Waals surface area contributed by atoms with Gasteiger partial charge in [-0.05, 0) is 73.2 Å². The molecule has 5 nitrogen and oxygen atoms in total. The Bertz CT molecular complexity index is 1000. The van der Waals surface area contributed by atoms with Crippen molar-refractivity contribution < 1.29 is 12.8 Å². The molecule has 0 bridgehead atoms. The topological polar surface area (TPSA) is 43.9 Å². The van der Waals surface area contributed by atoms with Crippen molar-refractivity contribution >= 4 is 27.1 Å². The summed E-state index contributed by atoms with van der Waals surface area (Å²) in [4.78, 5) is 0. The third-order valence-corrected chi connectivity index (χ3v) is 7.39. The van der Waals surface area contributed by atoms with Crippen molar-refractivity contribution in [2.75, 3.05) is 34.2 Å². The van der Waals surface area contributed by atoms with E-state index in [0.717, 1.165) is 35.5 Å². The maximum absolute atomic E-state index is 13.4. The number of anilines is 3. The number of nitrogens with zero attached hydrogens (tertiary/aromatic N) is 3. The lowest BCUT2D eigenvalue weighted by Crippen LogP contribution is -2.34. The molecule has 0 amide bonds. The summed E-state index contributed by atoms with van der Waals surface area (Å²) >= 11 is 0. The molecule has 1 aliphatic carbocycles. The number of hydrazine groups is 1. The maximum atomic E-state index is 13.4. The predicted molar refractivity (Wildman–Crippen MR) is 117 cm³/mol. The Kier molecular flexibility index (Phi) is 5.19. The lowest BCUT2D eigenvalue weighted by atomic mass is 9.93. The van der Waals surface area contributed by atoms with Gasteiger partial charge in [0.2, 0.25) is 10.0 Å². The molecular formula is C22H28FN3O2S. The van der Waals surface area contributed by atoms with Crippen molar-refractivity contribution in [3.63, 3.8) is 0 Å². The summed E-state index contributed by atoms with van der Waals surface area (Å²) in [5.74, 6) is 0.141. The van der Waals surface area contributed by atoms with E-state index in [-0.39, 0.29) is 5.82 Å². The van der Waals surface area contributed by atoms with Crippen LogP contribution >= 0.6 is 0 Å². The highest BCUT2D eigenvalue weighted by Crippen LogP contribution is 2.45. The van der Waals surface area contributed by atoms with Gasteiger partial charge in [-0.25, -0.2) is 12.8 Å². The number of halogens is 1. The van der Waals surface area contributed by atoms with Gasteiger partial charge >= 0.3 is 0 Å². The van der Waals surface area contributed by atoms with Crippen LogP contribution in [0.1, 0.15) is 49.7 Å². The van der Waals surface area contributed by atoms with Crippen LogP contribution in [-0.4, -0.2) is 28.3 Å². The number of rotatable bonds is 5. The zero-order valence-corrected chi connectivity index (χ0v) is 18.0. The molecule has 2 aromatic carbocycles. The third-order valence-electron chi connectivity index (χ3n) is 6.13. The molecule has 29 heavy (non-hydrogen) atoms. The molecule has 0 spiro atoms. The van der Waals surface area contributed by atoms with Crippen molar-refractivity contribution in [3.05, 3.63) is 53.3 Å². The zero-order chi connectivity index (χ0) is 20.8. The van der Waals surface area contributed by atoms with E-state index in [0.29, 0.717) is 19.0 Å². The first kappa shape index (κ1) is 20.0. The first-order chi connectivity index (χ1) is 13.8. The molecule has 4 rings (SSSR count). The van der Waals surface area contributed by atoms with Crippen molar-refractivity contribution in [3.8, 4) is 0 Å². The molecule has 0 atom stereocenters. The van der Waals surface area contributed by atoms with E-state index in [1.54, 1.807) is 12.1 Å². The van der Waals surface area contributed by atoms with E-state index in [2.05, 4.69) is 11.1 Å². The van der Waals surface area contributed by atoms with Gasteiger partial charge in [0.1, 0.15) is 5.82 Å². The average Bonchev–Trinajstić information content (AvgIpc) is 3.30. The molecule has 0 radical (unpaired) electrons. The molecule has 0 unspecified atom stereocenters. The second-order valence-corrected chi connectivity index (χ2v) is 9.91. The molecule has 156 valence electrons. The van der Waals surface area contributed by atoms with Crippen LogP contribution in [0.15, 0.2) is 36.4 Å². The third kappa shape index (κ3) is 3.68. The molecular weight excluding hydrogens is 389 g/mol. The van der Waals surface area contributed by atoms with Crippen LogP contribution in [0.2, 0.25) is 0 Å². The van der Waals surface area contributed by atoms with Crippen molar-refractivity contribution in [1.82, 2.24) is 0 Å². The lowest BCUT2D eigenvalue weighted by Gasteiger charge is -2.30. The van der Waals surface area contributed by atoms with Crippen LogP contribution in [0, 0.1) is 5.82 Å². The van der Waals surface area contributed by atoms with Crippen LogP contribution < -0.4 is 14.3 Å². The van der Waals surface area contributed by atoms with Gasteiger partial charge in [-0.1, -0.05) is 12.8 Å². The van der Waals surface area contributed by atoms with E-state index in [4.69, 9.17) is 0 Å². The van der Waals surface area contributed by atoms with Crippen LogP contribution in [0.25, 0.3) is 0 Å². The molecule has 0 aromatic heterocycles. The first-order valence-electron chi connectivity index (χ1n) is 10.2. The van der Waals surface area contributed by atoms with Gasteiger partial charge < -0.3 is 0 Å². The number of benzene rings is 2. The van der Waals surface area contributed by atoms with Crippen molar-refractivity contribution in [2.24, 2.45) is 0 Å². The van der Waals surface area contributed by atoms with Crippen molar-refractivity contribution in [2.45, 2.75) is 45.1 Å². The van der Waals surface area contributed by atoms with E-state index >= 15 is 0 Å². The molecule has 2 aromatic rings. The Balaban J connectivity index is 1.80. The fraction of sp³-hybridized carbons (Fsp3) is 0.455. The minimum atomic E-state index is -3.37. The van der Waals surface area contributed by atoms with Crippen LogP contribution in [0.3, 0.4) is 0 Å². The Morgan fingerprint density at radius 3 is 2.38 bits per heavy atom. The first-order valence-corrected chi connectivity index (χ1v) is 12.1. The van der Waals surface area contributed by atoms with Crippen LogP contribution in [0.5, 0.6) is 0 Å². The quantitative estimate of drug-likeness (QED) is 0.711. The molecule has 2 aliphatic rings. The minimum Gasteiger partial charge on any atom is -0.288 e. The Morgan fingerprint density at radius 2 is 1.79 bits per heavy atom. The highest BCUT2D eigenvalue weighted by atomic mass is 32.2. The number of fused-ring (bicyclic) bond motifs is 1. The standard InChI is InChI=1S/C22H28FN3O2S/c1-4-26(29(3,27)28)22-14-21-17(13-20(22)16-7-5-6-8-16)15-25(24(21)2)19-11-9-18(23)10-12-19/h9-14,16H,4-8,15H2,1-3H3. The summed E-state index contributed by atoms with van der Waals surface area (Å²) in [7, 11) is -1.40. The fourth-order valence-corrected chi connectivity index (χ4v) is 5.69. The second kappa shape index (κ2) is 7.52. The van der Waals surface area contributed by atoms with E-state index in [1.807, 2.05) is 25.0 Å².